The molecule has 0 saturated carbocycles. The summed E-state index contributed by atoms with van der Waals surface area (Å²) in [4.78, 5) is 102. The van der Waals surface area contributed by atoms with Crippen molar-refractivity contribution in [3.8, 4) is 0 Å². The number of hydroxylamine groups is 1. The monoisotopic (exact) mass is 784 g/mol. The molecule has 1 rings (SSSR count). The van der Waals surface area contributed by atoms with Crippen LogP contribution >= 0.6 is 7.82 Å². The van der Waals surface area contributed by atoms with Gasteiger partial charge in [0.2, 0.25) is 17.9 Å². The summed E-state index contributed by atoms with van der Waals surface area (Å²) in [6.07, 6.45) is -2.88. The molecule has 24 nitrogen and oxygen atoms in total. The van der Waals surface area contributed by atoms with E-state index in [-0.39, 0.29) is 44.7 Å². The van der Waals surface area contributed by atoms with Crippen molar-refractivity contribution in [3.05, 3.63) is 11.5 Å². The van der Waals surface area contributed by atoms with Gasteiger partial charge in [-0.1, -0.05) is 0 Å². The predicted molar refractivity (Wildman–Crippen MR) is 179 cm³/mol. The molecule has 302 valence electrons. The lowest BCUT2D eigenvalue weighted by molar-refractivity contribution is -0.167. The molecule has 0 bridgehead atoms. The van der Waals surface area contributed by atoms with E-state index in [1.54, 1.807) is 0 Å². The Morgan fingerprint density at radius 2 is 1.42 bits per heavy atom. The van der Waals surface area contributed by atoms with Crippen LogP contribution in [-0.4, -0.2) is 123 Å². The highest BCUT2D eigenvalue weighted by molar-refractivity contribution is 7.46. The fourth-order valence-corrected chi connectivity index (χ4v) is 4.94. The molecule has 5 unspecified atom stereocenters. The summed E-state index contributed by atoms with van der Waals surface area (Å²) in [5.74, 6) is -9.25. The number of aliphatic carboxylic acids is 1. The van der Waals surface area contributed by atoms with Gasteiger partial charge in [-0.2, -0.15) is 0 Å². The normalized spacial score (nSPS) is 16.4. The largest absolute Gasteiger partial charge is 0.525 e. The molecule has 0 saturated heterocycles. The Morgan fingerprint density at radius 3 is 1.96 bits per heavy atom. The van der Waals surface area contributed by atoms with Gasteiger partial charge >= 0.3 is 31.7 Å². The van der Waals surface area contributed by atoms with Crippen LogP contribution in [0.25, 0.3) is 0 Å². The molecule has 0 spiro atoms. The number of guanidine groups is 1. The van der Waals surface area contributed by atoms with Crippen LogP contribution in [0.4, 0.5) is 0 Å². The highest BCUT2D eigenvalue weighted by atomic mass is 31.2. The van der Waals surface area contributed by atoms with Crippen molar-refractivity contribution < 1.29 is 77.3 Å². The standard InChI is InChI=1S/C28H49N8O16P/c29-11-3-1-6-16(25(42)34-15(8-5-13-33-28(31)32)24(41)35-17(26(43)44)7-2-4-12-30)36-51-20(39)10-9-19(38)49-18(14-37)22-21(40)23(27(45)50-22)52-53(46,47)48/h15-18,22,36-37,40H,1-14,29-30H2,(H,34,42)(H,35,41)(H,43,44)(H4,31,32,33)(H2,46,47,48). The molecule has 0 aliphatic carbocycles. The van der Waals surface area contributed by atoms with E-state index in [2.05, 4.69) is 30.4 Å². The number of carboxylic acid groups (broad SMARTS) is 1. The Bertz CT molecular complexity index is 1370. The number of phosphoric ester groups is 1. The average molecular weight is 785 g/mol. The first kappa shape index (κ1) is 46.4. The maximum absolute atomic E-state index is 13.3. The lowest BCUT2D eigenvalue weighted by Gasteiger charge is -2.24. The van der Waals surface area contributed by atoms with Crippen molar-refractivity contribution in [2.24, 2.45) is 27.9 Å². The van der Waals surface area contributed by atoms with Gasteiger partial charge in [0.15, 0.2) is 17.8 Å². The zero-order valence-corrected chi connectivity index (χ0v) is 29.6. The third-order valence-corrected chi connectivity index (χ3v) is 7.60. The third-order valence-electron chi connectivity index (χ3n) is 7.18. The van der Waals surface area contributed by atoms with Crippen LogP contribution in [0.2, 0.25) is 0 Å². The van der Waals surface area contributed by atoms with E-state index in [0.29, 0.717) is 32.2 Å². The van der Waals surface area contributed by atoms with Crippen molar-refractivity contribution in [3.63, 3.8) is 0 Å². The number of carbonyl (C=O) groups excluding carboxylic acids is 5. The lowest BCUT2D eigenvalue weighted by Crippen LogP contribution is -2.55. The van der Waals surface area contributed by atoms with Crippen LogP contribution < -0.4 is 39.0 Å². The number of phosphoric acid groups is 1. The fourth-order valence-electron chi connectivity index (χ4n) is 4.53. The molecule has 0 aromatic carbocycles. The number of aliphatic hydroxyl groups is 2. The maximum Gasteiger partial charge on any atom is 0.525 e. The number of carboxylic acids is 1. The van der Waals surface area contributed by atoms with Crippen LogP contribution in [0.3, 0.4) is 0 Å². The van der Waals surface area contributed by atoms with Gasteiger partial charge in [0.05, 0.1) is 19.4 Å². The summed E-state index contributed by atoms with van der Waals surface area (Å²) in [7, 11) is -5.30. The number of unbranched alkanes of at least 4 members (excludes halogenated alkanes) is 2. The molecule has 0 radical (unpaired) electrons. The first-order valence-corrected chi connectivity index (χ1v) is 17.9. The van der Waals surface area contributed by atoms with Gasteiger partial charge in [-0.3, -0.25) is 34.0 Å². The molecule has 53 heavy (non-hydrogen) atoms. The van der Waals surface area contributed by atoms with Crippen LogP contribution in [-0.2, 0) is 52.2 Å². The Balaban J connectivity index is 2.92. The van der Waals surface area contributed by atoms with E-state index in [1.165, 1.54) is 0 Å². The molecule has 1 heterocycles. The van der Waals surface area contributed by atoms with E-state index in [9.17, 15) is 48.7 Å². The second-order valence-electron chi connectivity index (χ2n) is 11.5. The zero-order valence-electron chi connectivity index (χ0n) is 28.7. The van der Waals surface area contributed by atoms with E-state index in [4.69, 9.17) is 42.3 Å². The van der Waals surface area contributed by atoms with Crippen LogP contribution in [0.15, 0.2) is 16.5 Å². The molecule has 1 aliphatic rings. The first-order valence-electron chi connectivity index (χ1n) is 16.4. The number of carbonyl (C=O) groups is 6. The molecule has 1 aliphatic heterocycles. The number of rotatable bonds is 27. The van der Waals surface area contributed by atoms with Crippen molar-refractivity contribution in [1.82, 2.24) is 16.1 Å². The van der Waals surface area contributed by atoms with Crippen molar-refractivity contribution in [1.29, 1.82) is 0 Å². The molecule has 0 aromatic heterocycles. The van der Waals surface area contributed by atoms with Gasteiger partial charge in [0.1, 0.15) is 18.1 Å². The fraction of sp³-hybridized carbons (Fsp3) is 0.679. The van der Waals surface area contributed by atoms with Crippen LogP contribution in [0, 0.1) is 0 Å². The number of ether oxygens (including phenoxy) is 2. The smallest absolute Gasteiger partial charge is 0.505 e. The SMILES string of the molecule is NCCCCC(NC(=O)C(CCCN=C(N)N)NC(=O)C(CCCCN)NOC(=O)CCC(=O)OC(CO)C1OC(=O)C(OP(=O)(O)O)=C1O)C(=O)O. The molecule has 25 heteroatoms. The second kappa shape index (κ2) is 23.9. The minimum absolute atomic E-state index is 0.0125. The van der Waals surface area contributed by atoms with Gasteiger partial charge in [-0.05, 0) is 64.5 Å². The number of hydrogen-bond donors (Lipinski definition) is 12. The quantitative estimate of drug-likeness (QED) is 0.00724. The van der Waals surface area contributed by atoms with Crippen LogP contribution in [0.1, 0.15) is 64.2 Å². The molecule has 5 atom stereocenters. The third kappa shape index (κ3) is 18.1. The molecule has 16 N–H and O–H groups in total. The van der Waals surface area contributed by atoms with Gasteiger partial charge < -0.3 is 67.7 Å². The molecular formula is C28H49N8O16P. The minimum atomic E-state index is -5.30. The first-order chi connectivity index (χ1) is 24.9. The summed E-state index contributed by atoms with van der Waals surface area (Å²) >= 11 is 0. The van der Waals surface area contributed by atoms with Gasteiger partial charge in [-0.25, -0.2) is 14.2 Å². The maximum atomic E-state index is 13.3. The number of hydrogen-bond acceptors (Lipinski definition) is 17. The topological polar surface area (TPSA) is 410 Å². The molecular weight excluding hydrogens is 735 g/mol. The summed E-state index contributed by atoms with van der Waals surface area (Å²) in [6, 6.07) is -3.77. The van der Waals surface area contributed by atoms with Gasteiger partial charge in [0.25, 0.3) is 5.76 Å². The molecule has 0 aromatic rings. The van der Waals surface area contributed by atoms with Crippen LogP contribution in [0.5, 0.6) is 0 Å². The number of cyclic esters (lactones) is 1. The number of aliphatic imine (C=N–C) groups is 1. The van der Waals surface area contributed by atoms with Gasteiger partial charge in [-0.15, -0.1) is 5.48 Å². The van der Waals surface area contributed by atoms with E-state index in [0.717, 1.165) is 0 Å². The number of nitrogens with one attached hydrogen (secondary N) is 3. The van der Waals surface area contributed by atoms with Crippen molar-refractivity contribution >= 4 is 49.5 Å². The number of nitrogens with two attached hydrogens (primary N) is 4. The lowest BCUT2D eigenvalue weighted by atomic mass is 10.1. The summed E-state index contributed by atoms with van der Waals surface area (Å²) in [5, 5.41) is 34.2. The summed E-state index contributed by atoms with van der Waals surface area (Å²) in [5.41, 5.74) is 24.0. The zero-order chi connectivity index (χ0) is 40.1. The Kier molecular flexibility index (Phi) is 20.9. The number of esters is 2. The number of nitrogens with zero attached hydrogens (tertiary/aromatic N) is 1. The Morgan fingerprint density at radius 1 is 0.868 bits per heavy atom. The van der Waals surface area contributed by atoms with E-state index < -0.39 is 105 Å². The van der Waals surface area contributed by atoms with E-state index >= 15 is 0 Å². The summed E-state index contributed by atoms with van der Waals surface area (Å²) < 4.78 is 24.7. The Hall–Kier alpha value is -4.58. The minimum Gasteiger partial charge on any atom is -0.505 e. The molecule has 0 fully saturated rings. The predicted octanol–water partition coefficient (Wildman–Crippen LogP) is -3.74. The van der Waals surface area contributed by atoms with Crippen molar-refractivity contribution in [2.45, 2.75) is 94.5 Å². The molecule has 2 amide bonds. The highest BCUT2D eigenvalue weighted by Crippen LogP contribution is 2.42. The summed E-state index contributed by atoms with van der Waals surface area (Å²) in [6.45, 7) is -0.353. The van der Waals surface area contributed by atoms with Gasteiger partial charge in [0, 0.05) is 6.54 Å². The van der Waals surface area contributed by atoms with Crippen molar-refractivity contribution in [2.75, 3.05) is 26.2 Å². The van der Waals surface area contributed by atoms with E-state index in [1.807, 2.05) is 0 Å². The highest BCUT2D eigenvalue weighted by Gasteiger charge is 2.45. The second-order valence-corrected chi connectivity index (χ2v) is 12.6. The average Bonchev–Trinajstić information content (AvgIpc) is 3.35. The Labute approximate surface area is 303 Å². The number of amides is 2. The number of aliphatic hydroxyl groups excluding tert-OH is 2.